The summed E-state index contributed by atoms with van der Waals surface area (Å²) in [5.41, 5.74) is 7.60. The van der Waals surface area contributed by atoms with E-state index in [1.807, 2.05) is 0 Å². The standard InChI is InChI=1S/C9H9ClN4O/c1-15-9-6(2-5(10)3-12-9)8-7(11)4-13-14-8/h2-4H,11H2,1H3,(H,13,14). The maximum Gasteiger partial charge on any atom is 0.222 e. The molecule has 0 saturated heterocycles. The quantitative estimate of drug-likeness (QED) is 0.814. The summed E-state index contributed by atoms with van der Waals surface area (Å²) in [7, 11) is 1.53. The van der Waals surface area contributed by atoms with Crippen LogP contribution in [-0.4, -0.2) is 22.3 Å². The molecule has 0 aliphatic rings. The van der Waals surface area contributed by atoms with Crippen LogP contribution in [0.15, 0.2) is 18.5 Å². The van der Waals surface area contributed by atoms with Gasteiger partial charge in [-0.1, -0.05) is 11.6 Å². The van der Waals surface area contributed by atoms with Crippen LogP contribution in [0.5, 0.6) is 5.88 Å². The summed E-state index contributed by atoms with van der Waals surface area (Å²) in [5, 5.41) is 7.11. The van der Waals surface area contributed by atoms with Crippen molar-refractivity contribution in [3.8, 4) is 17.1 Å². The van der Waals surface area contributed by atoms with E-state index in [9.17, 15) is 0 Å². The lowest BCUT2D eigenvalue weighted by Gasteiger charge is -2.06. The first-order valence-electron chi connectivity index (χ1n) is 4.21. The average Bonchev–Trinajstić information content (AvgIpc) is 2.64. The SMILES string of the molecule is COc1ncc(Cl)cc1-c1[nH]ncc1N. The van der Waals surface area contributed by atoms with Crippen molar-refractivity contribution >= 4 is 17.3 Å². The van der Waals surface area contributed by atoms with Gasteiger partial charge in [-0.15, -0.1) is 0 Å². The van der Waals surface area contributed by atoms with Crippen molar-refractivity contribution in [3.63, 3.8) is 0 Å². The molecule has 0 aromatic carbocycles. The molecule has 0 fully saturated rings. The molecule has 0 spiro atoms. The summed E-state index contributed by atoms with van der Waals surface area (Å²) < 4.78 is 5.11. The van der Waals surface area contributed by atoms with Gasteiger partial charge in [0, 0.05) is 6.20 Å². The van der Waals surface area contributed by atoms with Gasteiger partial charge in [0.1, 0.15) is 0 Å². The van der Waals surface area contributed by atoms with Gasteiger partial charge in [-0.3, -0.25) is 5.10 Å². The summed E-state index contributed by atoms with van der Waals surface area (Å²) in [4.78, 5) is 4.04. The number of pyridine rings is 1. The molecule has 0 atom stereocenters. The van der Waals surface area contributed by atoms with Gasteiger partial charge < -0.3 is 10.5 Å². The van der Waals surface area contributed by atoms with Crippen LogP contribution in [0.4, 0.5) is 5.69 Å². The first kappa shape index (κ1) is 9.79. The van der Waals surface area contributed by atoms with Crippen molar-refractivity contribution in [3.05, 3.63) is 23.5 Å². The third-order valence-corrected chi connectivity index (χ3v) is 2.16. The highest BCUT2D eigenvalue weighted by Crippen LogP contribution is 2.31. The molecule has 2 rings (SSSR count). The van der Waals surface area contributed by atoms with Crippen LogP contribution in [0.1, 0.15) is 0 Å². The Morgan fingerprint density at radius 1 is 1.47 bits per heavy atom. The fourth-order valence-electron chi connectivity index (χ4n) is 1.28. The molecule has 6 heteroatoms. The van der Waals surface area contributed by atoms with E-state index in [1.165, 1.54) is 19.5 Å². The molecule has 5 nitrogen and oxygen atoms in total. The molecule has 0 amide bonds. The van der Waals surface area contributed by atoms with E-state index in [0.29, 0.717) is 27.8 Å². The molecule has 0 radical (unpaired) electrons. The van der Waals surface area contributed by atoms with Gasteiger partial charge in [-0.2, -0.15) is 5.10 Å². The second-order valence-corrected chi connectivity index (χ2v) is 3.35. The van der Waals surface area contributed by atoms with E-state index < -0.39 is 0 Å². The second-order valence-electron chi connectivity index (χ2n) is 2.91. The average molecular weight is 225 g/mol. The molecule has 0 unspecified atom stereocenters. The number of aromatic nitrogens is 3. The van der Waals surface area contributed by atoms with Crippen molar-refractivity contribution in [2.75, 3.05) is 12.8 Å². The number of nitrogens with one attached hydrogen (secondary N) is 1. The van der Waals surface area contributed by atoms with E-state index in [2.05, 4.69) is 15.2 Å². The Morgan fingerprint density at radius 3 is 2.87 bits per heavy atom. The molecule has 78 valence electrons. The van der Waals surface area contributed by atoms with Crippen LogP contribution in [0.25, 0.3) is 11.3 Å². The number of nitrogen functional groups attached to an aromatic ring is 1. The number of hydrogen-bond acceptors (Lipinski definition) is 4. The van der Waals surface area contributed by atoms with Crippen LogP contribution < -0.4 is 10.5 Å². The lowest BCUT2D eigenvalue weighted by molar-refractivity contribution is 0.399. The predicted octanol–water partition coefficient (Wildman–Crippen LogP) is 1.72. The highest BCUT2D eigenvalue weighted by atomic mass is 35.5. The maximum absolute atomic E-state index is 5.85. The van der Waals surface area contributed by atoms with Crippen molar-refractivity contribution in [2.45, 2.75) is 0 Å². The molecule has 0 bridgehead atoms. The summed E-state index contributed by atoms with van der Waals surface area (Å²) in [6.45, 7) is 0. The Bertz CT molecular complexity index is 483. The van der Waals surface area contributed by atoms with Crippen molar-refractivity contribution < 1.29 is 4.74 Å². The number of H-pyrrole nitrogens is 1. The van der Waals surface area contributed by atoms with E-state index in [4.69, 9.17) is 22.1 Å². The zero-order chi connectivity index (χ0) is 10.8. The Balaban J connectivity index is 2.60. The largest absolute Gasteiger partial charge is 0.481 e. The van der Waals surface area contributed by atoms with Crippen molar-refractivity contribution in [1.29, 1.82) is 0 Å². The van der Waals surface area contributed by atoms with Gasteiger partial charge in [0.2, 0.25) is 5.88 Å². The second kappa shape index (κ2) is 3.78. The third-order valence-electron chi connectivity index (χ3n) is 1.95. The lowest BCUT2D eigenvalue weighted by atomic mass is 10.2. The van der Waals surface area contributed by atoms with Gasteiger partial charge in [0.25, 0.3) is 0 Å². The monoisotopic (exact) mass is 224 g/mol. The van der Waals surface area contributed by atoms with Gasteiger partial charge in [-0.25, -0.2) is 4.98 Å². The molecule has 15 heavy (non-hydrogen) atoms. The highest BCUT2D eigenvalue weighted by molar-refractivity contribution is 6.30. The van der Waals surface area contributed by atoms with Crippen LogP contribution in [0.2, 0.25) is 5.02 Å². The molecular weight excluding hydrogens is 216 g/mol. The molecule has 0 saturated carbocycles. The van der Waals surface area contributed by atoms with Crippen LogP contribution in [0.3, 0.4) is 0 Å². The van der Waals surface area contributed by atoms with E-state index in [0.717, 1.165) is 0 Å². The smallest absolute Gasteiger partial charge is 0.222 e. The number of halogens is 1. The summed E-state index contributed by atoms with van der Waals surface area (Å²) in [6, 6.07) is 1.72. The number of nitrogens with zero attached hydrogens (tertiary/aromatic N) is 2. The fraction of sp³-hybridized carbons (Fsp3) is 0.111. The van der Waals surface area contributed by atoms with Crippen LogP contribution >= 0.6 is 11.6 Å². The lowest BCUT2D eigenvalue weighted by Crippen LogP contribution is -1.94. The van der Waals surface area contributed by atoms with Crippen LogP contribution in [0, 0.1) is 0 Å². The minimum absolute atomic E-state index is 0.454. The van der Waals surface area contributed by atoms with Crippen molar-refractivity contribution in [2.24, 2.45) is 0 Å². The molecule has 2 heterocycles. The normalized spacial score (nSPS) is 10.3. The Kier molecular flexibility index (Phi) is 2.47. The maximum atomic E-state index is 5.85. The van der Waals surface area contributed by atoms with E-state index in [-0.39, 0.29) is 0 Å². The number of aromatic amines is 1. The molecule has 0 aliphatic heterocycles. The molecule has 2 aromatic rings. The summed E-state index contributed by atoms with van der Waals surface area (Å²) >= 11 is 5.85. The Morgan fingerprint density at radius 2 is 2.27 bits per heavy atom. The zero-order valence-electron chi connectivity index (χ0n) is 7.99. The fourth-order valence-corrected chi connectivity index (χ4v) is 1.44. The van der Waals surface area contributed by atoms with E-state index in [1.54, 1.807) is 6.07 Å². The van der Waals surface area contributed by atoms with Crippen LogP contribution in [-0.2, 0) is 0 Å². The molecule has 0 aliphatic carbocycles. The summed E-state index contributed by atoms with van der Waals surface area (Å²) in [6.07, 6.45) is 3.03. The first-order valence-corrected chi connectivity index (χ1v) is 4.59. The van der Waals surface area contributed by atoms with Gasteiger partial charge >= 0.3 is 0 Å². The van der Waals surface area contributed by atoms with Gasteiger partial charge in [0.05, 0.1) is 35.3 Å². The van der Waals surface area contributed by atoms with Crippen molar-refractivity contribution in [1.82, 2.24) is 15.2 Å². The zero-order valence-corrected chi connectivity index (χ0v) is 8.75. The molecule has 3 N–H and O–H groups in total. The van der Waals surface area contributed by atoms with Gasteiger partial charge in [0.15, 0.2) is 0 Å². The number of anilines is 1. The number of rotatable bonds is 2. The summed E-state index contributed by atoms with van der Waals surface area (Å²) in [5.74, 6) is 0.454. The van der Waals surface area contributed by atoms with Gasteiger partial charge in [-0.05, 0) is 6.07 Å². The minimum Gasteiger partial charge on any atom is -0.481 e. The predicted molar refractivity (Wildman–Crippen MR) is 57.8 cm³/mol. The van der Waals surface area contributed by atoms with E-state index >= 15 is 0 Å². The Hall–Kier alpha value is -1.75. The molecule has 2 aromatic heterocycles. The third kappa shape index (κ3) is 1.73. The highest BCUT2D eigenvalue weighted by Gasteiger charge is 2.12. The number of methoxy groups -OCH3 is 1. The number of ether oxygens (including phenoxy) is 1. The minimum atomic E-state index is 0.454. The topological polar surface area (TPSA) is 76.8 Å². The number of nitrogens with two attached hydrogens (primary N) is 1. The Labute approximate surface area is 91.2 Å². The molecular formula is C9H9ClN4O. The number of hydrogen-bond donors (Lipinski definition) is 2. The first-order chi connectivity index (χ1) is 7.22.